The van der Waals surface area contributed by atoms with Crippen LogP contribution in [0.1, 0.15) is 13.8 Å². The average molecular weight is 413 g/mol. The van der Waals surface area contributed by atoms with Gasteiger partial charge in [0, 0.05) is 22.0 Å². The molecule has 0 amide bonds. The lowest BCUT2D eigenvalue weighted by Gasteiger charge is -2.24. The zero-order chi connectivity index (χ0) is 13.7. The molecule has 2 atom stereocenters. The maximum absolute atomic E-state index is 2.36. The maximum Gasteiger partial charge on any atom is 0.0717 e. The van der Waals surface area contributed by atoms with Crippen LogP contribution >= 0.6 is 94.1 Å². The van der Waals surface area contributed by atoms with Crippen LogP contribution < -0.4 is 0 Å². The van der Waals surface area contributed by atoms with Crippen molar-refractivity contribution in [3.63, 3.8) is 0 Å². The third-order valence-electron chi connectivity index (χ3n) is 3.04. The smallest absolute Gasteiger partial charge is 0.0717 e. The van der Waals surface area contributed by atoms with E-state index in [1.54, 1.807) is 16.9 Å². The summed E-state index contributed by atoms with van der Waals surface area (Å²) in [6, 6.07) is 0. The van der Waals surface area contributed by atoms with Gasteiger partial charge in [-0.3, -0.25) is 0 Å². The molecule has 4 heterocycles. The van der Waals surface area contributed by atoms with Gasteiger partial charge in [0.15, 0.2) is 0 Å². The molecule has 0 fully saturated rings. The predicted octanol–water partition coefficient (Wildman–Crippen LogP) is 7.06. The second-order valence-corrected chi connectivity index (χ2v) is 15.1. The molecule has 0 aromatic rings. The van der Waals surface area contributed by atoms with Crippen molar-refractivity contribution in [2.24, 2.45) is 0 Å². The molecule has 0 bridgehead atoms. The second kappa shape index (κ2) is 6.49. The summed E-state index contributed by atoms with van der Waals surface area (Å²) in [4.78, 5) is 0. The van der Waals surface area contributed by atoms with Crippen molar-refractivity contribution in [3.05, 3.63) is 25.4 Å². The van der Waals surface area contributed by atoms with E-state index in [1.165, 1.54) is 20.0 Å². The van der Waals surface area contributed by atoms with Crippen LogP contribution in [0.3, 0.4) is 0 Å². The van der Waals surface area contributed by atoms with Crippen LogP contribution in [0.25, 0.3) is 0 Å². The third-order valence-corrected chi connectivity index (χ3v) is 15.6. The van der Waals surface area contributed by atoms with Gasteiger partial charge < -0.3 is 0 Å². The van der Waals surface area contributed by atoms with Crippen molar-refractivity contribution >= 4 is 94.1 Å². The SMILES string of the molecule is C[C@@H]1SC2=C(SC(=C3SC4=C(SCCS4)S3)S2)S[C@@H]1C. The Morgan fingerprint density at radius 3 is 1.45 bits per heavy atom. The van der Waals surface area contributed by atoms with Crippen molar-refractivity contribution in [2.45, 2.75) is 24.3 Å². The Morgan fingerprint density at radius 1 is 0.600 bits per heavy atom. The van der Waals surface area contributed by atoms with Crippen molar-refractivity contribution in [1.82, 2.24) is 0 Å². The van der Waals surface area contributed by atoms with Crippen LogP contribution in [0.2, 0.25) is 0 Å². The largest absolute Gasteiger partial charge is 0.116 e. The molecular formula is C12H12S8. The van der Waals surface area contributed by atoms with E-state index in [9.17, 15) is 0 Å². The van der Waals surface area contributed by atoms with Gasteiger partial charge in [0.25, 0.3) is 0 Å². The predicted molar refractivity (Wildman–Crippen MR) is 110 cm³/mol. The molecule has 0 spiro atoms. The van der Waals surface area contributed by atoms with Crippen LogP contribution in [0.5, 0.6) is 0 Å². The van der Waals surface area contributed by atoms with Crippen molar-refractivity contribution in [2.75, 3.05) is 11.5 Å². The van der Waals surface area contributed by atoms with Crippen LogP contribution in [-0.4, -0.2) is 22.0 Å². The second-order valence-electron chi connectivity index (χ2n) is 4.48. The summed E-state index contributed by atoms with van der Waals surface area (Å²) in [6.45, 7) is 4.71. The van der Waals surface area contributed by atoms with Gasteiger partial charge in [-0.2, -0.15) is 0 Å². The highest BCUT2D eigenvalue weighted by Crippen LogP contribution is 2.68. The van der Waals surface area contributed by atoms with E-state index in [4.69, 9.17) is 0 Å². The first kappa shape index (κ1) is 15.5. The minimum absolute atomic E-state index is 0.734. The summed E-state index contributed by atoms with van der Waals surface area (Å²) in [5, 5.41) is 1.47. The summed E-state index contributed by atoms with van der Waals surface area (Å²) in [6.07, 6.45) is 0. The Balaban J connectivity index is 1.52. The first-order valence-electron chi connectivity index (χ1n) is 6.24. The van der Waals surface area contributed by atoms with Gasteiger partial charge in [-0.15, -0.1) is 47.0 Å². The third kappa shape index (κ3) is 3.01. The lowest BCUT2D eigenvalue weighted by Crippen LogP contribution is -2.14. The first-order chi connectivity index (χ1) is 9.70. The molecule has 108 valence electrons. The number of hydrogen-bond donors (Lipinski definition) is 0. The van der Waals surface area contributed by atoms with E-state index >= 15 is 0 Å². The van der Waals surface area contributed by atoms with Crippen LogP contribution in [0, 0.1) is 0 Å². The van der Waals surface area contributed by atoms with Gasteiger partial charge in [-0.1, -0.05) is 60.9 Å². The molecule has 4 aliphatic heterocycles. The zero-order valence-corrected chi connectivity index (χ0v) is 17.4. The highest BCUT2D eigenvalue weighted by Gasteiger charge is 2.35. The molecular weight excluding hydrogens is 401 g/mol. The van der Waals surface area contributed by atoms with Crippen molar-refractivity contribution in [3.8, 4) is 0 Å². The van der Waals surface area contributed by atoms with E-state index in [0.29, 0.717) is 0 Å². The molecule has 0 N–H and O–H groups in total. The topological polar surface area (TPSA) is 0 Å². The van der Waals surface area contributed by atoms with Gasteiger partial charge >= 0.3 is 0 Å². The lowest BCUT2D eigenvalue weighted by molar-refractivity contribution is 0.931. The Morgan fingerprint density at radius 2 is 1.00 bits per heavy atom. The molecule has 0 aromatic heterocycles. The van der Waals surface area contributed by atoms with Crippen molar-refractivity contribution < 1.29 is 0 Å². The lowest BCUT2D eigenvalue weighted by atomic mass is 10.4. The Labute approximate surface area is 154 Å². The molecule has 4 rings (SSSR count). The monoisotopic (exact) mass is 412 g/mol. The molecule has 0 aromatic carbocycles. The minimum atomic E-state index is 0.734. The molecule has 20 heavy (non-hydrogen) atoms. The fraction of sp³-hybridized carbons (Fsp3) is 0.500. The summed E-state index contributed by atoms with van der Waals surface area (Å²) in [7, 11) is 0. The van der Waals surface area contributed by atoms with E-state index in [2.05, 4.69) is 37.4 Å². The Bertz CT molecular complexity index is 502. The van der Waals surface area contributed by atoms with Gasteiger partial charge in [-0.25, -0.2) is 0 Å². The molecule has 0 radical (unpaired) electrons. The summed E-state index contributed by atoms with van der Waals surface area (Å²) in [5.74, 6) is 2.55. The van der Waals surface area contributed by atoms with Gasteiger partial charge in [0.2, 0.25) is 0 Å². The molecule has 0 saturated carbocycles. The minimum Gasteiger partial charge on any atom is -0.116 e. The normalized spacial score (nSPS) is 33.9. The highest BCUT2D eigenvalue weighted by molar-refractivity contribution is 8.45. The summed E-state index contributed by atoms with van der Waals surface area (Å²) in [5.41, 5.74) is 0. The molecule has 4 aliphatic rings. The molecule has 0 aliphatic carbocycles. The summed E-state index contributed by atoms with van der Waals surface area (Å²) < 4.78 is 9.28. The van der Waals surface area contributed by atoms with E-state index in [1.807, 2.05) is 70.6 Å². The number of thioether (sulfide) groups is 8. The standard InChI is InChI=1S/C12H12S8/c1-5-6(2)16-10-9(15-5)19-12(20-10)11-17-7-8(18-11)14-4-3-13-7/h5-6H,3-4H2,1-2H3/t5-,6+. The quantitative estimate of drug-likeness (QED) is 0.409. The van der Waals surface area contributed by atoms with Gasteiger partial charge in [0.1, 0.15) is 0 Å². The molecule has 0 nitrogen and oxygen atoms in total. The van der Waals surface area contributed by atoms with Crippen LogP contribution in [-0.2, 0) is 0 Å². The highest BCUT2D eigenvalue weighted by atomic mass is 32.3. The fourth-order valence-corrected chi connectivity index (χ4v) is 14.5. The van der Waals surface area contributed by atoms with Crippen molar-refractivity contribution in [1.29, 1.82) is 0 Å². The van der Waals surface area contributed by atoms with Gasteiger partial charge in [-0.05, 0) is 0 Å². The Kier molecular flexibility index (Phi) is 5.05. The van der Waals surface area contributed by atoms with E-state index in [-0.39, 0.29) is 0 Å². The zero-order valence-electron chi connectivity index (χ0n) is 10.8. The van der Waals surface area contributed by atoms with E-state index in [0.717, 1.165) is 10.5 Å². The Hall–Kier alpha value is 2.02. The average Bonchev–Trinajstić information content (AvgIpc) is 3.02. The number of rotatable bonds is 0. The number of hydrogen-bond acceptors (Lipinski definition) is 8. The molecule has 8 heteroatoms. The fourth-order valence-electron chi connectivity index (χ4n) is 1.83. The summed E-state index contributed by atoms with van der Waals surface area (Å²) >= 11 is 16.3. The van der Waals surface area contributed by atoms with Crippen LogP contribution in [0.4, 0.5) is 0 Å². The van der Waals surface area contributed by atoms with Gasteiger partial charge in [0.05, 0.1) is 25.4 Å². The van der Waals surface area contributed by atoms with Crippen LogP contribution in [0.15, 0.2) is 25.4 Å². The first-order valence-corrected chi connectivity index (χ1v) is 13.2. The van der Waals surface area contributed by atoms with E-state index < -0.39 is 0 Å². The molecule has 0 saturated heterocycles. The maximum atomic E-state index is 2.36. The molecule has 0 unspecified atom stereocenters.